The first-order valence-electron chi connectivity index (χ1n) is 11.4. The van der Waals surface area contributed by atoms with E-state index >= 15 is 0 Å². The van der Waals surface area contributed by atoms with E-state index in [9.17, 15) is 14.4 Å². The van der Waals surface area contributed by atoms with Gasteiger partial charge in [-0.1, -0.05) is 31.2 Å². The number of piperidine rings is 1. The molecule has 172 valence electrons. The first-order chi connectivity index (χ1) is 15.9. The molecule has 0 bridgehead atoms. The first kappa shape index (κ1) is 22.6. The van der Waals surface area contributed by atoms with Gasteiger partial charge in [-0.15, -0.1) is 0 Å². The van der Waals surface area contributed by atoms with Gasteiger partial charge in [0.05, 0.1) is 17.9 Å². The van der Waals surface area contributed by atoms with Crippen molar-refractivity contribution in [3.8, 4) is 5.75 Å². The van der Waals surface area contributed by atoms with Gasteiger partial charge < -0.3 is 15.0 Å². The summed E-state index contributed by atoms with van der Waals surface area (Å²) in [4.78, 5) is 42.1. The second kappa shape index (κ2) is 9.48. The summed E-state index contributed by atoms with van der Waals surface area (Å²) in [5.41, 5.74) is 2.55. The van der Waals surface area contributed by atoms with E-state index in [1.54, 1.807) is 42.5 Å². The van der Waals surface area contributed by atoms with Crippen molar-refractivity contribution >= 4 is 34.7 Å². The molecule has 7 nitrogen and oxygen atoms in total. The Morgan fingerprint density at radius 1 is 1.03 bits per heavy atom. The van der Waals surface area contributed by atoms with E-state index in [1.807, 2.05) is 17.9 Å². The van der Waals surface area contributed by atoms with Gasteiger partial charge in [-0.2, -0.15) is 0 Å². The van der Waals surface area contributed by atoms with Crippen LogP contribution in [0.2, 0.25) is 0 Å². The summed E-state index contributed by atoms with van der Waals surface area (Å²) in [5, 5.41) is 2.73. The van der Waals surface area contributed by atoms with Crippen molar-refractivity contribution in [3.05, 3.63) is 59.8 Å². The summed E-state index contributed by atoms with van der Waals surface area (Å²) >= 11 is 0. The van der Waals surface area contributed by atoms with Crippen molar-refractivity contribution in [2.45, 2.75) is 33.6 Å². The van der Waals surface area contributed by atoms with Gasteiger partial charge in [0.25, 0.3) is 11.8 Å². The van der Waals surface area contributed by atoms with Crippen LogP contribution in [0.25, 0.3) is 5.57 Å². The number of nitrogens with zero attached hydrogens (tertiary/aromatic N) is 2. The molecule has 0 aromatic heterocycles. The molecule has 2 aromatic rings. The number of anilines is 2. The standard InChI is InChI=1S/C26H29N3O4/c1-4-33-22-8-6-5-7-21(22)29-25(31)23(19-9-11-20(12-10-19)27-18(3)30)24(26(29)32)28-15-13-17(2)14-16-28/h5-12,17H,4,13-16H2,1-3H3,(H,27,30). The van der Waals surface area contributed by atoms with E-state index in [0.717, 1.165) is 25.9 Å². The van der Waals surface area contributed by atoms with E-state index in [1.165, 1.54) is 11.8 Å². The van der Waals surface area contributed by atoms with E-state index in [4.69, 9.17) is 4.74 Å². The maximum Gasteiger partial charge on any atom is 0.282 e. The Kier molecular flexibility index (Phi) is 6.49. The van der Waals surface area contributed by atoms with E-state index in [0.29, 0.717) is 46.5 Å². The van der Waals surface area contributed by atoms with Gasteiger partial charge in [-0.25, -0.2) is 4.90 Å². The Bertz CT molecular complexity index is 1100. The molecule has 33 heavy (non-hydrogen) atoms. The molecule has 1 fully saturated rings. The second-order valence-electron chi connectivity index (χ2n) is 8.50. The van der Waals surface area contributed by atoms with Crippen LogP contribution >= 0.6 is 0 Å². The molecule has 1 N–H and O–H groups in total. The lowest BCUT2D eigenvalue weighted by molar-refractivity contribution is -0.121. The zero-order valence-corrected chi connectivity index (χ0v) is 19.3. The highest BCUT2D eigenvalue weighted by Gasteiger charge is 2.43. The molecule has 2 aliphatic rings. The number of hydrogen-bond acceptors (Lipinski definition) is 5. The lowest BCUT2D eigenvalue weighted by Gasteiger charge is -2.32. The number of carbonyl (C=O) groups excluding carboxylic acids is 3. The second-order valence-corrected chi connectivity index (χ2v) is 8.50. The molecule has 0 unspecified atom stereocenters. The maximum absolute atomic E-state index is 13.7. The van der Waals surface area contributed by atoms with E-state index < -0.39 is 0 Å². The highest BCUT2D eigenvalue weighted by Crippen LogP contribution is 2.39. The molecule has 3 amide bonds. The number of nitrogens with one attached hydrogen (secondary N) is 1. The number of carbonyl (C=O) groups is 3. The Morgan fingerprint density at radius 3 is 2.33 bits per heavy atom. The van der Waals surface area contributed by atoms with Crippen molar-refractivity contribution in [2.75, 3.05) is 29.9 Å². The largest absolute Gasteiger partial charge is 0.492 e. The van der Waals surface area contributed by atoms with Crippen LogP contribution in [0.4, 0.5) is 11.4 Å². The van der Waals surface area contributed by atoms with Crippen LogP contribution in [0.15, 0.2) is 54.2 Å². The van der Waals surface area contributed by atoms with Crippen LogP contribution in [0.5, 0.6) is 5.75 Å². The fourth-order valence-electron chi connectivity index (χ4n) is 4.37. The summed E-state index contributed by atoms with van der Waals surface area (Å²) in [6.45, 7) is 7.40. The number of amides is 3. The van der Waals surface area contributed by atoms with Crippen LogP contribution in [0.1, 0.15) is 39.2 Å². The van der Waals surface area contributed by atoms with Gasteiger partial charge in [0, 0.05) is 25.7 Å². The lowest BCUT2D eigenvalue weighted by atomic mass is 9.97. The van der Waals surface area contributed by atoms with Crippen LogP contribution in [-0.2, 0) is 14.4 Å². The van der Waals surface area contributed by atoms with Crippen molar-refractivity contribution in [1.82, 2.24) is 4.90 Å². The van der Waals surface area contributed by atoms with Crippen molar-refractivity contribution < 1.29 is 19.1 Å². The molecular formula is C26H29N3O4. The van der Waals surface area contributed by atoms with Gasteiger partial charge in [-0.3, -0.25) is 14.4 Å². The summed E-state index contributed by atoms with van der Waals surface area (Å²) in [6.07, 6.45) is 1.94. The van der Waals surface area contributed by atoms with Crippen molar-refractivity contribution in [3.63, 3.8) is 0 Å². The molecule has 0 aliphatic carbocycles. The van der Waals surface area contributed by atoms with Gasteiger partial charge >= 0.3 is 0 Å². The molecule has 0 saturated carbocycles. The smallest absolute Gasteiger partial charge is 0.282 e. The maximum atomic E-state index is 13.7. The molecule has 7 heteroatoms. The number of para-hydroxylation sites is 2. The van der Waals surface area contributed by atoms with Gasteiger partial charge in [0.2, 0.25) is 5.91 Å². The van der Waals surface area contributed by atoms with Crippen LogP contribution in [0, 0.1) is 5.92 Å². The van der Waals surface area contributed by atoms with Crippen LogP contribution in [0.3, 0.4) is 0 Å². The zero-order chi connectivity index (χ0) is 23.5. The van der Waals surface area contributed by atoms with Crippen molar-refractivity contribution in [2.24, 2.45) is 5.92 Å². The normalized spacial score (nSPS) is 17.1. The monoisotopic (exact) mass is 447 g/mol. The summed E-state index contributed by atoms with van der Waals surface area (Å²) in [5.74, 6) is 0.214. The van der Waals surface area contributed by atoms with Gasteiger partial charge in [0.15, 0.2) is 0 Å². The Labute approximate surface area is 194 Å². The number of rotatable bonds is 6. The summed E-state index contributed by atoms with van der Waals surface area (Å²) in [6, 6.07) is 14.2. The molecule has 0 atom stereocenters. The predicted octanol–water partition coefficient (Wildman–Crippen LogP) is 4.06. The average Bonchev–Trinajstić information content (AvgIpc) is 3.05. The van der Waals surface area contributed by atoms with Crippen LogP contribution in [-0.4, -0.2) is 42.3 Å². The van der Waals surface area contributed by atoms with E-state index in [2.05, 4.69) is 12.2 Å². The fourth-order valence-corrected chi connectivity index (χ4v) is 4.37. The molecule has 2 aliphatic heterocycles. The van der Waals surface area contributed by atoms with Crippen molar-refractivity contribution in [1.29, 1.82) is 0 Å². The quantitative estimate of drug-likeness (QED) is 0.676. The zero-order valence-electron chi connectivity index (χ0n) is 19.3. The first-order valence-corrected chi connectivity index (χ1v) is 11.4. The predicted molar refractivity (Wildman–Crippen MR) is 128 cm³/mol. The highest BCUT2D eigenvalue weighted by molar-refractivity contribution is 6.45. The minimum atomic E-state index is -0.368. The number of likely N-dealkylation sites (tertiary alicyclic amines) is 1. The average molecular weight is 448 g/mol. The third kappa shape index (κ3) is 4.49. The lowest BCUT2D eigenvalue weighted by Crippen LogP contribution is -2.38. The molecule has 1 saturated heterocycles. The highest BCUT2D eigenvalue weighted by atomic mass is 16.5. The number of ether oxygens (including phenoxy) is 1. The molecule has 2 heterocycles. The molecule has 0 spiro atoms. The Balaban J connectivity index is 1.78. The molecule has 0 radical (unpaired) electrons. The van der Waals surface area contributed by atoms with E-state index in [-0.39, 0.29) is 17.7 Å². The number of hydrogen-bond donors (Lipinski definition) is 1. The Morgan fingerprint density at radius 2 is 1.70 bits per heavy atom. The molecular weight excluding hydrogens is 418 g/mol. The van der Waals surface area contributed by atoms with Gasteiger partial charge in [0.1, 0.15) is 11.4 Å². The Hall–Kier alpha value is -3.61. The molecule has 2 aromatic carbocycles. The minimum Gasteiger partial charge on any atom is -0.492 e. The fraction of sp³-hybridized carbons (Fsp3) is 0.346. The number of benzene rings is 2. The minimum absolute atomic E-state index is 0.170. The third-order valence-electron chi connectivity index (χ3n) is 6.06. The number of imide groups is 1. The van der Waals surface area contributed by atoms with Crippen LogP contribution < -0.4 is 15.0 Å². The molecule has 4 rings (SSSR count). The summed E-state index contributed by atoms with van der Waals surface area (Å²) < 4.78 is 5.72. The topological polar surface area (TPSA) is 79.0 Å². The summed E-state index contributed by atoms with van der Waals surface area (Å²) in [7, 11) is 0. The SMILES string of the molecule is CCOc1ccccc1N1C(=O)C(c2ccc(NC(C)=O)cc2)=C(N2CCC(C)CC2)C1=O. The third-order valence-corrected chi connectivity index (χ3v) is 6.06. The van der Waals surface area contributed by atoms with Gasteiger partial charge in [-0.05, 0) is 55.5 Å².